The first-order valence-corrected chi connectivity index (χ1v) is 5.25. The van der Waals surface area contributed by atoms with Gasteiger partial charge in [-0.25, -0.2) is 0 Å². The number of hydrogen-bond acceptors (Lipinski definition) is 2. The zero-order valence-corrected chi connectivity index (χ0v) is 9.41. The van der Waals surface area contributed by atoms with Crippen molar-refractivity contribution in [2.45, 2.75) is 0 Å². The fraction of sp³-hybridized carbons (Fsp3) is 0.364. The van der Waals surface area contributed by atoms with Crippen molar-refractivity contribution < 1.29 is 9.53 Å². The van der Waals surface area contributed by atoms with E-state index in [1.54, 1.807) is 11.9 Å². The number of amides is 1. The van der Waals surface area contributed by atoms with Gasteiger partial charge in [0.1, 0.15) is 5.75 Å². The zero-order chi connectivity index (χ0) is 11.1. The minimum Gasteiger partial charge on any atom is -0.484 e. The molecular weight excluding hydrogens is 214 g/mol. The Morgan fingerprint density at radius 1 is 1.40 bits per heavy atom. The monoisotopic (exact) mass is 227 g/mol. The maximum Gasteiger partial charge on any atom is 0.260 e. The van der Waals surface area contributed by atoms with Gasteiger partial charge in [0.25, 0.3) is 5.91 Å². The molecule has 0 radical (unpaired) electrons. The summed E-state index contributed by atoms with van der Waals surface area (Å²) in [4.78, 5) is 13.0. The van der Waals surface area contributed by atoms with Crippen molar-refractivity contribution in [1.29, 1.82) is 0 Å². The van der Waals surface area contributed by atoms with Crippen LogP contribution >= 0.6 is 11.6 Å². The number of ether oxygens (including phenoxy) is 1. The van der Waals surface area contributed by atoms with Gasteiger partial charge in [-0.15, -0.1) is 11.6 Å². The lowest BCUT2D eigenvalue weighted by Gasteiger charge is -2.15. The first-order valence-electron chi connectivity index (χ1n) is 4.72. The number of para-hydroxylation sites is 1. The van der Waals surface area contributed by atoms with Crippen molar-refractivity contribution in [3.63, 3.8) is 0 Å². The summed E-state index contributed by atoms with van der Waals surface area (Å²) >= 11 is 5.52. The number of nitrogens with zero attached hydrogens (tertiary/aromatic N) is 1. The van der Waals surface area contributed by atoms with E-state index in [4.69, 9.17) is 16.3 Å². The smallest absolute Gasteiger partial charge is 0.260 e. The third-order valence-corrected chi connectivity index (χ3v) is 2.12. The minimum absolute atomic E-state index is 0.0530. The number of alkyl halides is 1. The molecule has 0 heterocycles. The number of rotatable bonds is 5. The number of carbonyl (C=O) groups excluding carboxylic acids is 1. The van der Waals surface area contributed by atoms with Crippen LogP contribution in [0.2, 0.25) is 0 Å². The Balaban J connectivity index is 2.34. The minimum atomic E-state index is -0.0699. The van der Waals surface area contributed by atoms with Crippen LogP contribution in [0.5, 0.6) is 5.75 Å². The molecule has 15 heavy (non-hydrogen) atoms. The Morgan fingerprint density at radius 3 is 2.67 bits per heavy atom. The van der Waals surface area contributed by atoms with E-state index < -0.39 is 0 Å². The summed E-state index contributed by atoms with van der Waals surface area (Å²) in [6.45, 7) is 0.593. The van der Waals surface area contributed by atoms with Gasteiger partial charge in [-0.05, 0) is 12.1 Å². The number of hydrogen-bond donors (Lipinski definition) is 0. The van der Waals surface area contributed by atoms with Gasteiger partial charge in [0.2, 0.25) is 0 Å². The predicted molar refractivity (Wildman–Crippen MR) is 60.3 cm³/mol. The van der Waals surface area contributed by atoms with E-state index in [-0.39, 0.29) is 12.5 Å². The molecule has 0 N–H and O–H groups in total. The second-order valence-electron chi connectivity index (χ2n) is 3.11. The molecule has 0 atom stereocenters. The summed E-state index contributed by atoms with van der Waals surface area (Å²) in [7, 11) is 1.71. The van der Waals surface area contributed by atoms with Gasteiger partial charge in [0.05, 0.1) is 0 Å². The molecule has 0 fully saturated rings. The van der Waals surface area contributed by atoms with Crippen molar-refractivity contribution >= 4 is 17.5 Å². The van der Waals surface area contributed by atoms with Crippen LogP contribution in [0.15, 0.2) is 30.3 Å². The van der Waals surface area contributed by atoms with Crippen LogP contribution in [-0.4, -0.2) is 36.9 Å². The number of likely N-dealkylation sites (N-methyl/N-ethyl adjacent to an activating group) is 1. The molecule has 0 bridgehead atoms. The number of carbonyl (C=O) groups is 1. The molecule has 0 saturated heterocycles. The molecule has 0 saturated carbocycles. The fourth-order valence-electron chi connectivity index (χ4n) is 1.02. The summed E-state index contributed by atoms with van der Waals surface area (Å²) in [6.07, 6.45) is 0. The predicted octanol–water partition coefficient (Wildman–Crippen LogP) is 1.76. The van der Waals surface area contributed by atoms with Gasteiger partial charge in [0, 0.05) is 19.5 Å². The molecule has 0 aliphatic heterocycles. The van der Waals surface area contributed by atoms with Crippen LogP contribution in [-0.2, 0) is 4.79 Å². The topological polar surface area (TPSA) is 29.5 Å². The van der Waals surface area contributed by atoms with E-state index in [0.717, 1.165) is 0 Å². The van der Waals surface area contributed by atoms with Crippen molar-refractivity contribution in [1.82, 2.24) is 4.90 Å². The normalized spacial score (nSPS) is 9.73. The molecule has 1 aromatic carbocycles. The van der Waals surface area contributed by atoms with Crippen LogP contribution in [0.1, 0.15) is 0 Å². The second-order valence-corrected chi connectivity index (χ2v) is 3.48. The molecule has 0 aromatic heterocycles. The van der Waals surface area contributed by atoms with Crippen molar-refractivity contribution in [3.05, 3.63) is 30.3 Å². The Hall–Kier alpha value is -1.22. The lowest BCUT2D eigenvalue weighted by molar-refractivity contribution is -0.131. The van der Waals surface area contributed by atoms with Gasteiger partial charge < -0.3 is 9.64 Å². The Bertz CT molecular complexity index is 303. The highest BCUT2D eigenvalue weighted by Gasteiger charge is 2.08. The van der Waals surface area contributed by atoms with E-state index in [1.807, 2.05) is 30.3 Å². The van der Waals surface area contributed by atoms with Crippen LogP contribution in [0, 0.1) is 0 Å². The molecule has 0 unspecified atom stereocenters. The summed E-state index contributed by atoms with van der Waals surface area (Å²) in [6, 6.07) is 9.25. The maximum atomic E-state index is 11.4. The van der Waals surface area contributed by atoms with Gasteiger partial charge in [-0.1, -0.05) is 18.2 Å². The van der Waals surface area contributed by atoms with Crippen LogP contribution in [0.4, 0.5) is 0 Å². The lowest BCUT2D eigenvalue weighted by atomic mass is 10.3. The standard InChI is InChI=1S/C11H14ClNO2/c1-13(8-7-12)11(14)9-15-10-5-3-2-4-6-10/h2-6H,7-9H2,1H3. The molecule has 0 aliphatic rings. The first kappa shape index (κ1) is 11.9. The highest BCUT2D eigenvalue weighted by atomic mass is 35.5. The highest BCUT2D eigenvalue weighted by Crippen LogP contribution is 2.07. The largest absolute Gasteiger partial charge is 0.484 e. The SMILES string of the molecule is CN(CCCl)C(=O)COc1ccccc1. The summed E-state index contributed by atoms with van der Waals surface area (Å²) in [5, 5.41) is 0. The second kappa shape index (κ2) is 6.30. The molecular formula is C11H14ClNO2. The van der Waals surface area contributed by atoms with E-state index >= 15 is 0 Å². The lowest BCUT2D eigenvalue weighted by Crippen LogP contribution is -2.32. The average Bonchev–Trinajstić information content (AvgIpc) is 2.27. The first-order chi connectivity index (χ1) is 7.24. The van der Waals surface area contributed by atoms with Gasteiger partial charge in [-0.3, -0.25) is 4.79 Å². The molecule has 1 amide bonds. The molecule has 1 rings (SSSR count). The fourth-order valence-corrected chi connectivity index (χ4v) is 1.28. The quantitative estimate of drug-likeness (QED) is 0.718. The van der Waals surface area contributed by atoms with E-state index in [2.05, 4.69) is 0 Å². The summed E-state index contributed by atoms with van der Waals surface area (Å²) in [5.41, 5.74) is 0. The van der Waals surface area contributed by atoms with Crippen molar-refractivity contribution in [2.75, 3.05) is 26.1 Å². The maximum absolute atomic E-state index is 11.4. The van der Waals surface area contributed by atoms with Crippen molar-refractivity contribution in [3.8, 4) is 5.75 Å². The van der Waals surface area contributed by atoms with E-state index in [0.29, 0.717) is 18.2 Å². The third-order valence-electron chi connectivity index (χ3n) is 1.95. The third kappa shape index (κ3) is 4.21. The molecule has 4 heteroatoms. The highest BCUT2D eigenvalue weighted by molar-refractivity contribution is 6.18. The molecule has 3 nitrogen and oxygen atoms in total. The van der Waals surface area contributed by atoms with Gasteiger partial charge >= 0.3 is 0 Å². The van der Waals surface area contributed by atoms with Gasteiger partial charge in [0.15, 0.2) is 6.61 Å². The average molecular weight is 228 g/mol. The van der Waals surface area contributed by atoms with Gasteiger partial charge in [-0.2, -0.15) is 0 Å². The number of halogens is 1. The molecule has 82 valence electrons. The summed E-state index contributed by atoms with van der Waals surface area (Å²) < 4.78 is 5.30. The molecule has 1 aromatic rings. The Labute approximate surface area is 94.6 Å². The number of benzene rings is 1. The van der Waals surface area contributed by atoms with Crippen LogP contribution in [0.3, 0.4) is 0 Å². The van der Waals surface area contributed by atoms with Crippen LogP contribution < -0.4 is 4.74 Å². The van der Waals surface area contributed by atoms with Crippen LogP contribution in [0.25, 0.3) is 0 Å². The molecule has 0 spiro atoms. The summed E-state index contributed by atoms with van der Waals surface area (Å²) in [5.74, 6) is 1.07. The van der Waals surface area contributed by atoms with E-state index in [9.17, 15) is 4.79 Å². The molecule has 0 aliphatic carbocycles. The Kier molecular flexibility index (Phi) is 4.98. The van der Waals surface area contributed by atoms with E-state index in [1.165, 1.54) is 0 Å². The zero-order valence-electron chi connectivity index (χ0n) is 8.65. The van der Waals surface area contributed by atoms with Crippen molar-refractivity contribution in [2.24, 2.45) is 0 Å². The Morgan fingerprint density at radius 2 is 2.07 bits per heavy atom.